The molecule has 0 fully saturated rings. The van der Waals surface area contributed by atoms with Crippen molar-refractivity contribution in [3.63, 3.8) is 0 Å². The molecular weight excluding hydrogens is 199 g/mol. The van der Waals surface area contributed by atoms with Crippen LogP contribution in [0, 0.1) is 0 Å². The van der Waals surface area contributed by atoms with Crippen molar-refractivity contribution in [2.24, 2.45) is 0 Å². The Kier molecular flexibility index (Phi) is 5.62. The number of hydrogen-bond donors (Lipinski definition) is 0. The van der Waals surface area contributed by atoms with Crippen LogP contribution in [0.5, 0.6) is 0 Å². The van der Waals surface area contributed by atoms with Gasteiger partial charge in [0.2, 0.25) is 0 Å². The van der Waals surface area contributed by atoms with E-state index in [9.17, 15) is 0 Å². The zero-order chi connectivity index (χ0) is 10.9. The fourth-order valence-electron chi connectivity index (χ4n) is 1.43. The summed E-state index contributed by atoms with van der Waals surface area (Å²) in [5, 5.41) is 0. The van der Waals surface area contributed by atoms with Gasteiger partial charge in [-0.3, -0.25) is 0 Å². The standard InChI is InChI=1S/C13H12.Al.O.H/c1-3-7-12(8-4-1)11-13-9-5-2-6-10-13;;;/h1-10H,11H2;;;. The largest absolute Gasteiger partial charge is 0.0622 e. The monoisotopic (exact) mass is 212 g/mol. The van der Waals surface area contributed by atoms with Gasteiger partial charge in [-0.15, -0.1) is 0 Å². The smallest absolute Gasteiger partial charge is 0.00258 e. The first-order valence-electron chi connectivity index (χ1n) is 4.82. The summed E-state index contributed by atoms with van der Waals surface area (Å²) in [5.74, 6) is 0. The Morgan fingerprint density at radius 1 is 0.667 bits per heavy atom. The molecule has 74 valence electrons. The first-order chi connectivity index (χ1) is 7.45. The molecule has 0 saturated heterocycles. The Labute approximate surface area is 98.4 Å². The molecule has 0 aliphatic carbocycles. The van der Waals surface area contributed by atoms with E-state index in [-0.39, 0.29) is 0 Å². The van der Waals surface area contributed by atoms with Gasteiger partial charge in [0.05, 0.1) is 0 Å². The topological polar surface area (TPSA) is 17.1 Å². The maximum absolute atomic E-state index is 8.28. The van der Waals surface area contributed by atoms with Crippen LogP contribution >= 0.6 is 0 Å². The van der Waals surface area contributed by atoms with Gasteiger partial charge in [-0.25, -0.2) is 0 Å². The molecule has 0 amide bonds. The summed E-state index contributed by atoms with van der Waals surface area (Å²) in [6.45, 7) is 0. The first-order valence-corrected chi connectivity index (χ1v) is 5.39. The van der Waals surface area contributed by atoms with Gasteiger partial charge in [-0.1, -0.05) is 60.7 Å². The van der Waals surface area contributed by atoms with Crippen LogP contribution in [0.25, 0.3) is 0 Å². The van der Waals surface area contributed by atoms with Crippen LogP contribution in [0.2, 0.25) is 0 Å². The van der Waals surface area contributed by atoms with E-state index in [1.807, 2.05) is 0 Å². The van der Waals surface area contributed by atoms with Crippen molar-refractivity contribution in [1.29, 1.82) is 0 Å². The second kappa shape index (κ2) is 7.12. The summed E-state index contributed by atoms with van der Waals surface area (Å²) in [6, 6.07) is 21.1. The minimum absolute atomic E-state index is 0.611. The Morgan fingerprint density at radius 2 is 1.00 bits per heavy atom. The summed E-state index contributed by atoms with van der Waals surface area (Å²) < 4.78 is 8.28. The molecule has 2 heteroatoms. The van der Waals surface area contributed by atoms with Gasteiger partial charge in [-0.2, -0.15) is 0 Å². The molecule has 1 nitrogen and oxygen atoms in total. The van der Waals surface area contributed by atoms with E-state index >= 15 is 0 Å². The number of rotatable bonds is 2. The minimum Gasteiger partial charge on any atom is -0.0622 e. The van der Waals surface area contributed by atoms with Crippen LogP contribution in [0.3, 0.4) is 0 Å². The molecule has 2 rings (SSSR count). The average Bonchev–Trinajstić information content (AvgIpc) is 2.34. The van der Waals surface area contributed by atoms with Crippen LogP contribution in [0.15, 0.2) is 60.7 Å². The predicted octanol–water partition coefficient (Wildman–Crippen LogP) is 2.51. The molecule has 0 unspecified atom stereocenters. The molecule has 15 heavy (non-hydrogen) atoms. The summed E-state index contributed by atoms with van der Waals surface area (Å²) in [6.07, 6.45) is 1.03. The summed E-state index contributed by atoms with van der Waals surface area (Å²) in [5.41, 5.74) is 2.74. The van der Waals surface area contributed by atoms with E-state index in [4.69, 9.17) is 3.80 Å². The Balaban J connectivity index is 0.000000531. The fraction of sp³-hybridized carbons (Fsp3) is 0.0769. The van der Waals surface area contributed by atoms with Gasteiger partial charge < -0.3 is 0 Å². The van der Waals surface area contributed by atoms with Crippen LogP contribution < -0.4 is 0 Å². The predicted molar refractivity (Wildman–Crippen MR) is 63.5 cm³/mol. The molecular formula is C13H13AlO. The molecule has 0 radical (unpaired) electrons. The van der Waals surface area contributed by atoms with Gasteiger partial charge in [0, 0.05) is 0 Å². The fourth-order valence-corrected chi connectivity index (χ4v) is 1.43. The van der Waals surface area contributed by atoms with Crippen molar-refractivity contribution in [2.75, 3.05) is 0 Å². The molecule has 0 aliphatic rings. The zero-order valence-corrected chi connectivity index (χ0v) is 10.0. The molecule has 2 aromatic rings. The van der Waals surface area contributed by atoms with Gasteiger partial charge in [0.15, 0.2) is 0 Å². The number of benzene rings is 2. The maximum Gasteiger partial charge on any atom is -0.00258 e. The second-order valence-electron chi connectivity index (χ2n) is 3.15. The molecule has 0 spiro atoms. The molecule has 0 atom stereocenters. The molecule has 0 aliphatic heterocycles. The zero-order valence-electron chi connectivity index (χ0n) is 8.60. The molecule has 0 heterocycles. The van der Waals surface area contributed by atoms with Gasteiger partial charge in [0.1, 0.15) is 0 Å². The Hall–Kier alpha value is -1.23. The average molecular weight is 212 g/mol. The Bertz CT molecular complexity index is 335. The van der Waals surface area contributed by atoms with E-state index < -0.39 is 0 Å². The number of hydrogen-bond acceptors (Lipinski definition) is 1. The van der Waals surface area contributed by atoms with Crippen molar-refractivity contribution in [3.8, 4) is 0 Å². The van der Waals surface area contributed by atoms with Gasteiger partial charge in [-0.05, 0) is 17.5 Å². The second-order valence-corrected chi connectivity index (χ2v) is 3.15. The van der Waals surface area contributed by atoms with Crippen molar-refractivity contribution in [2.45, 2.75) is 6.42 Å². The molecule has 0 bridgehead atoms. The summed E-state index contributed by atoms with van der Waals surface area (Å²) >= 11 is 0.611. The summed E-state index contributed by atoms with van der Waals surface area (Å²) in [4.78, 5) is 0. The van der Waals surface area contributed by atoms with E-state index in [1.165, 1.54) is 11.1 Å². The molecule has 2 aromatic carbocycles. The van der Waals surface area contributed by atoms with E-state index in [2.05, 4.69) is 60.7 Å². The third kappa shape index (κ3) is 4.21. The van der Waals surface area contributed by atoms with Crippen LogP contribution in [0.1, 0.15) is 11.1 Å². The van der Waals surface area contributed by atoms with Gasteiger partial charge in [0.25, 0.3) is 0 Å². The van der Waals surface area contributed by atoms with Crippen LogP contribution in [-0.4, -0.2) is 16.2 Å². The minimum atomic E-state index is 0.611. The Morgan fingerprint density at radius 3 is 1.33 bits per heavy atom. The molecule has 0 aromatic heterocycles. The van der Waals surface area contributed by atoms with Crippen molar-refractivity contribution in [3.05, 3.63) is 71.8 Å². The van der Waals surface area contributed by atoms with Crippen molar-refractivity contribution in [1.82, 2.24) is 0 Å². The van der Waals surface area contributed by atoms with Crippen LogP contribution in [0.4, 0.5) is 0 Å². The SMILES string of the molecule is [O]=[AlH].c1ccc(Cc2ccccc2)cc1. The van der Waals surface area contributed by atoms with Crippen molar-refractivity contribution >= 4 is 16.2 Å². The van der Waals surface area contributed by atoms with Gasteiger partial charge >= 0.3 is 20.0 Å². The summed E-state index contributed by atoms with van der Waals surface area (Å²) in [7, 11) is 0. The van der Waals surface area contributed by atoms with Crippen molar-refractivity contribution < 1.29 is 3.80 Å². The molecule has 0 saturated carbocycles. The van der Waals surface area contributed by atoms with Crippen LogP contribution in [-0.2, 0) is 10.2 Å². The third-order valence-corrected chi connectivity index (χ3v) is 2.09. The molecule has 0 N–H and O–H groups in total. The normalized spacial score (nSPS) is 8.73. The van der Waals surface area contributed by atoms with E-state index in [1.54, 1.807) is 0 Å². The van der Waals surface area contributed by atoms with E-state index in [0.717, 1.165) is 6.42 Å². The quantitative estimate of drug-likeness (QED) is 0.699. The first kappa shape index (κ1) is 11.8. The van der Waals surface area contributed by atoms with E-state index in [0.29, 0.717) is 16.2 Å². The third-order valence-electron chi connectivity index (χ3n) is 2.09. The maximum atomic E-state index is 8.28.